The van der Waals surface area contributed by atoms with Crippen LogP contribution in [-0.4, -0.2) is 0 Å². The highest BCUT2D eigenvalue weighted by molar-refractivity contribution is 5.08. The number of rotatable bonds is 6. The smallest absolute Gasteiger partial charge is 0.0292 e. The molecule has 0 aromatic carbocycles. The molecule has 4 aliphatic carbocycles. The molecule has 0 nitrogen and oxygen atoms in total. The van der Waals surface area contributed by atoms with Crippen molar-refractivity contribution in [3.63, 3.8) is 0 Å². The maximum atomic E-state index is 3.95. The highest BCUT2D eigenvalue weighted by Gasteiger charge is 2.60. The van der Waals surface area contributed by atoms with Crippen molar-refractivity contribution in [2.24, 2.45) is 69.5 Å². The van der Waals surface area contributed by atoms with Gasteiger partial charge in [0.1, 0.15) is 0 Å². The fourth-order valence-electron chi connectivity index (χ4n) is 10.2. The molecule has 4 aliphatic rings. The van der Waals surface area contributed by atoms with Crippen LogP contribution in [0.1, 0.15) is 132 Å². The third kappa shape index (κ3) is 5.23. The highest BCUT2D eigenvalue weighted by Crippen LogP contribution is 2.67. The van der Waals surface area contributed by atoms with Crippen LogP contribution in [0, 0.1) is 69.5 Å². The van der Waals surface area contributed by atoms with Gasteiger partial charge in [-0.25, -0.2) is 0 Å². The van der Waals surface area contributed by atoms with Crippen LogP contribution in [0.15, 0.2) is 12.7 Å². The Bertz CT molecular complexity index is 646. The molecule has 4 fully saturated rings. The van der Waals surface area contributed by atoms with E-state index in [4.69, 9.17) is 0 Å². The second kappa shape index (κ2) is 9.89. The van der Waals surface area contributed by atoms with Gasteiger partial charge in [0.2, 0.25) is 0 Å². The molecule has 0 saturated heterocycles. The van der Waals surface area contributed by atoms with Crippen LogP contribution >= 0.6 is 0 Å². The van der Waals surface area contributed by atoms with Crippen molar-refractivity contribution in [1.82, 2.24) is 0 Å². The van der Waals surface area contributed by atoms with E-state index < -0.39 is 0 Å². The maximum absolute atomic E-state index is 3.95. The average molecular weight is 469 g/mol. The molecule has 0 radical (unpaired) electrons. The van der Waals surface area contributed by atoms with Crippen molar-refractivity contribution in [2.75, 3.05) is 0 Å². The number of hydrogen-bond acceptors (Lipinski definition) is 0. The van der Waals surface area contributed by atoms with Gasteiger partial charge in [-0.15, -0.1) is 6.58 Å². The minimum atomic E-state index is 0.477. The van der Waals surface area contributed by atoms with Crippen LogP contribution in [0.2, 0.25) is 0 Å². The summed E-state index contributed by atoms with van der Waals surface area (Å²) in [7, 11) is 0. The van der Waals surface area contributed by atoms with Crippen molar-refractivity contribution >= 4 is 0 Å². The molecule has 0 amide bonds. The SMILES string of the molecule is C=CCCCC1CCC(C(C)(C)C2C3CC(C(C)(C)C)CCC3C3CCC(C(C)(C)C)CC32)C1. The summed E-state index contributed by atoms with van der Waals surface area (Å²) in [6.45, 7) is 24.6. The Kier molecular flexibility index (Phi) is 7.80. The Morgan fingerprint density at radius 2 is 1.12 bits per heavy atom. The summed E-state index contributed by atoms with van der Waals surface area (Å²) in [6, 6.07) is 0. The van der Waals surface area contributed by atoms with Crippen LogP contribution < -0.4 is 0 Å². The van der Waals surface area contributed by atoms with E-state index in [1.54, 1.807) is 0 Å². The lowest BCUT2D eigenvalue weighted by atomic mass is 9.56. The quantitative estimate of drug-likeness (QED) is 0.268. The van der Waals surface area contributed by atoms with Crippen LogP contribution in [-0.2, 0) is 0 Å². The van der Waals surface area contributed by atoms with Crippen LogP contribution in [0.25, 0.3) is 0 Å². The van der Waals surface area contributed by atoms with Gasteiger partial charge in [-0.1, -0.05) is 74.3 Å². The van der Waals surface area contributed by atoms with Crippen LogP contribution in [0.3, 0.4) is 0 Å². The monoisotopic (exact) mass is 468 g/mol. The summed E-state index contributed by atoms with van der Waals surface area (Å²) in [6.07, 6.45) is 19.8. The van der Waals surface area contributed by atoms with Gasteiger partial charge in [-0.05, 0) is 134 Å². The van der Waals surface area contributed by atoms with E-state index in [0.717, 1.165) is 53.3 Å². The summed E-state index contributed by atoms with van der Waals surface area (Å²) < 4.78 is 0. The molecule has 0 aromatic rings. The molecular formula is C34H60. The molecule has 4 rings (SSSR count). The van der Waals surface area contributed by atoms with E-state index in [0.29, 0.717) is 16.2 Å². The van der Waals surface area contributed by atoms with E-state index in [1.807, 2.05) is 0 Å². The number of fused-ring (bicyclic) bond motifs is 3. The molecule has 0 spiro atoms. The average Bonchev–Trinajstić information content (AvgIpc) is 3.35. The molecule has 0 heteroatoms. The van der Waals surface area contributed by atoms with Gasteiger partial charge in [0, 0.05) is 0 Å². The summed E-state index contributed by atoms with van der Waals surface area (Å²) in [5, 5.41) is 0. The minimum Gasteiger partial charge on any atom is -0.103 e. The largest absolute Gasteiger partial charge is 0.103 e. The molecule has 0 N–H and O–H groups in total. The fourth-order valence-corrected chi connectivity index (χ4v) is 10.2. The molecule has 8 unspecified atom stereocenters. The molecular weight excluding hydrogens is 408 g/mol. The van der Waals surface area contributed by atoms with Gasteiger partial charge in [0.25, 0.3) is 0 Å². The van der Waals surface area contributed by atoms with Gasteiger partial charge in [-0.3, -0.25) is 0 Å². The van der Waals surface area contributed by atoms with Crippen LogP contribution in [0.5, 0.6) is 0 Å². The van der Waals surface area contributed by atoms with Crippen LogP contribution in [0.4, 0.5) is 0 Å². The second-order valence-corrected chi connectivity index (χ2v) is 16.4. The molecule has 196 valence electrons. The second-order valence-electron chi connectivity index (χ2n) is 16.4. The summed E-state index contributed by atoms with van der Waals surface area (Å²) >= 11 is 0. The first kappa shape index (κ1) is 26.8. The Labute approximate surface area is 214 Å². The number of unbranched alkanes of at least 4 members (excludes halogenated alkanes) is 1. The Balaban J connectivity index is 1.59. The van der Waals surface area contributed by atoms with Gasteiger partial charge < -0.3 is 0 Å². The van der Waals surface area contributed by atoms with Crippen molar-refractivity contribution in [3.8, 4) is 0 Å². The minimum absolute atomic E-state index is 0.477. The standard InChI is InChI=1S/C34H60/c1-10-11-12-13-23-14-15-26(20-23)34(8,9)31-29-21-24(32(2,3)4)16-18-27(29)28-19-17-25(22-30(28)31)33(5,6)7/h10,23-31H,1,11-22H2,2-9H3. The lowest BCUT2D eigenvalue weighted by molar-refractivity contribution is -0.00182. The predicted octanol–water partition coefficient (Wildman–Crippen LogP) is 10.6. The molecule has 0 aliphatic heterocycles. The summed E-state index contributed by atoms with van der Waals surface area (Å²) in [4.78, 5) is 0. The number of hydrogen-bond donors (Lipinski definition) is 0. The molecule has 0 bridgehead atoms. The van der Waals surface area contributed by atoms with E-state index in [9.17, 15) is 0 Å². The van der Waals surface area contributed by atoms with E-state index in [1.165, 1.54) is 77.0 Å². The summed E-state index contributed by atoms with van der Waals surface area (Å²) in [5.74, 6) is 8.85. The first-order chi connectivity index (χ1) is 15.8. The molecule has 0 aromatic heterocycles. The molecule has 34 heavy (non-hydrogen) atoms. The highest BCUT2D eigenvalue weighted by atomic mass is 14.6. The topological polar surface area (TPSA) is 0 Å². The van der Waals surface area contributed by atoms with Gasteiger partial charge in [0.05, 0.1) is 0 Å². The number of allylic oxidation sites excluding steroid dienone is 1. The lowest BCUT2D eigenvalue weighted by Gasteiger charge is -2.49. The van der Waals surface area contributed by atoms with E-state index >= 15 is 0 Å². The van der Waals surface area contributed by atoms with Crippen molar-refractivity contribution in [1.29, 1.82) is 0 Å². The zero-order chi connectivity index (χ0) is 24.9. The first-order valence-electron chi connectivity index (χ1n) is 15.4. The molecule has 8 atom stereocenters. The zero-order valence-corrected chi connectivity index (χ0v) is 24.5. The molecule has 0 heterocycles. The van der Waals surface area contributed by atoms with Gasteiger partial charge in [-0.2, -0.15) is 0 Å². The van der Waals surface area contributed by atoms with Gasteiger partial charge in [0.15, 0.2) is 0 Å². The predicted molar refractivity (Wildman–Crippen MR) is 150 cm³/mol. The van der Waals surface area contributed by atoms with Crippen molar-refractivity contribution < 1.29 is 0 Å². The Hall–Kier alpha value is -0.260. The Morgan fingerprint density at radius 3 is 1.59 bits per heavy atom. The summed E-state index contributed by atoms with van der Waals surface area (Å²) in [5.41, 5.74) is 1.46. The Morgan fingerprint density at radius 1 is 0.618 bits per heavy atom. The maximum Gasteiger partial charge on any atom is -0.0292 e. The first-order valence-corrected chi connectivity index (χ1v) is 15.4. The van der Waals surface area contributed by atoms with Gasteiger partial charge >= 0.3 is 0 Å². The van der Waals surface area contributed by atoms with Crippen molar-refractivity contribution in [3.05, 3.63) is 12.7 Å². The molecule has 4 saturated carbocycles. The third-order valence-electron chi connectivity index (χ3n) is 12.3. The lowest BCUT2D eigenvalue weighted by Crippen LogP contribution is -2.42. The fraction of sp³-hybridized carbons (Fsp3) is 0.941. The third-order valence-corrected chi connectivity index (χ3v) is 12.3. The zero-order valence-electron chi connectivity index (χ0n) is 24.5. The van der Waals surface area contributed by atoms with Crippen molar-refractivity contribution in [2.45, 2.75) is 132 Å². The van der Waals surface area contributed by atoms with E-state index in [2.05, 4.69) is 68.0 Å². The normalized spacial score (nSPS) is 41.2. The van der Waals surface area contributed by atoms with E-state index in [-0.39, 0.29) is 0 Å².